The number of H-pyrrole nitrogens is 2. The predicted molar refractivity (Wildman–Crippen MR) is 293 cm³/mol. The maximum Gasteiger partial charge on any atom is 0.287 e. The van der Waals surface area contributed by atoms with Crippen molar-refractivity contribution in [3.8, 4) is 11.5 Å². The van der Waals surface area contributed by atoms with Crippen LogP contribution >= 0.6 is 0 Å². The van der Waals surface area contributed by atoms with Crippen LogP contribution < -0.4 is 30.7 Å². The predicted octanol–water partition coefficient (Wildman–Crippen LogP) is 6.60. The number of aromatic amines is 2. The van der Waals surface area contributed by atoms with E-state index in [1.807, 2.05) is 127 Å². The number of nitrogens with one attached hydrogen (secondary N) is 6. The third kappa shape index (κ3) is 13.5. The minimum absolute atomic E-state index is 0.0968. The number of Topliss-reactive ketones (excluding diaryl/α,β-unsaturated/α-hetero) is 2. The van der Waals surface area contributed by atoms with Gasteiger partial charge >= 0.3 is 0 Å². The normalized spacial score (nSPS) is 17.7. The van der Waals surface area contributed by atoms with E-state index in [1.54, 1.807) is 64.5 Å². The molecule has 17 heteroatoms. The molecule has 6 atom stereocenters. The third-order valence-electron chi connectivity index (χ3n) is 13.8. The van der Waals surface area contributed by atoms with E-state index in [0.29, 0.717) is 54.3 Å². The number of ether oxygens (including phenoxy) is 4. The van der Waals surface area contributed by atoms with Crippen LogP contribution in [-0.4, -0.2) is 113 Å². The van der Waals surface area contributed by atoms with Gasteiger partial charge in [-0.25, -0.2) is 4.98 Å². The summed E-state index contributed by atoms with van der Waals surface area (Å²) in [5, 5.41) is 12.4. The maximum absolute atomic E-state index is 13.7. The fourth-order valence-electron chi connectivity index (χ4n) is 9.03. The second kappa shape index (κ2) is 24.0. The highest BCUT2D eigenvalue weighted by molar-refractivity contribution is 6.02. The second-order valence-electron chi connectivity index (χ2n) is 19.8. The molecule has 0 saturated carbocycles. The molecule has 2 aromatic heterocycles. The minimum Gasteiger partial charge on any atom is -0.497 e. The van der Waals surface area contributed by atoms with Crippen molar-refractivity contribution >= 4 is 57.1 Å². The number of benzene rings is 6. The monoisotopic (exact) mass is 1050 g/mol. The van der Waals surface area contributed by atoms with Crippen LogP contribution in [0.1, 0.15) is 57.2 Å². The van der Waals surface area contributed by atoms with Crippen LogP contribution in [-0.2, 0) is 54.3 Å². The average molecular weight is 1050 g/mol. The number of amides is 4. The largest absolute Gasteiger partial charge is 0.497 e. The zero-order valence-corrected chi connectivity index (χ0v) is 43.7. The topological polar surface area (TPSA) is 239 Å². The average Bonchev–Trinajstić information content (AvgIpc) is 4.34. The number of fused-ring (bicyclic) bond motifs is 2. The Bertz CT molecular complexity index is 3110. The van der Waals surface area contributed by atoms with Crippen LogP contribution in [0.4, 0.5) is 0 Å². The number of methoxy groups -OCH3 is 2. The molecule has 2 aliphatic rings. The van der Waals surface area contributed by atoms with Gasteiger partial charge < -0.3 is 50.2 Å². The van der Waals surface area contributed by atoms with Crippen molar-refractivity contribution in [3.05, 3.63) is 198 Å². The first-order valence-electron chi connectivity index (χ1n) is 25.6. The number of hydrogen-bond acceptors (Lipinski definition) is 11. The van der Waals surface area contributed by atoms with E-state index in [0.717, 1.165) is 33.2 Å². The third-order valence-corrected chi connectivity index (χ3v) is 13.8. The summed E-state index contributed by atoms with van der Waals surface area (Å²) in [5.74, 6) is -0.796. The Morgan fingerprint density at radius 2 is 0.910 bits per heavy atom. The molecule has 17 nitrogen and oxygen atoms in total. The standard InChI is InChI=1S/C31H31N3O5.C30H30N4O5/c1-31(19-39-31)28(35)25(16-20-8-4-3-5-9-20)33-29(36)26(17-21-12-14-23(38-2)15-13-21)34-30(37)27-18-22-10-6-7-11-24(22)32-27;1-30(18-39-30)26(35)24(16-19-8-4-3-5-9-19)33-28(36)25(17-20-12-14-21(38-2)15-13-20)34-29(37)27-31-22-10-6-7-11-23(22)32-27/h3-15,18,25-26,32H,16-17,19H2,1-2H3,(H,33,36)(H,34,37);3-15,24-25H,16-18H2,1-2H3,(H,31,32)(H,33,36)(H,34,37). The number of imidazole rings is 1. The molecule has 10 rings (SSSR count). The first-order valence-corrected chi connectivity index (χ1v) is 25.6. The zero-order chi connectivity index (χ0) is 54.8. The quantitative estimate of drug-likeness (QED) is 0.0396. The summed E-state index contributed by atoms with van der Waals surface area (Å²) in [4.78, 5) is 91.0. The van der Waals surface area contributed by atoms with Crippen molar-refractivity contribution in [2.24, 2.45) is 0 Å². The fourth-order valence-corrected chi connectivity index (χ4v) is 9.03. The lowest BCUT2D eigenvalue weighted by Gasteiger charge is -2.24. The summed E-state index contributed by atoms with van der Waals surface area (Å²) in [6, 6.07) is 46.6. The van der Waals surface area contributed by atoms with E-state index in [-0.39, 0.29) is 30.2 Å². The van der Waals surface area contributed by atoms with Gasteiger partial charge in [0, 0.05) is 23.7 Å². The van der Waals surface area contributed by atoms with Gasteiger partial charge in [0.05, 0.1) is 50.6 Å². The number of hydrogen-bond donors (Lipinski definition) is 6. The van der Waals surface area contributed by atoms with E-state index in [2.05, 4.69) is 36.2 Å². The lowest BCUT2D eigenvalue weighted by Crippen LogP contribution is -2.55. The molecule has 2 saturated heterocycles. The van der Waals surface area contributed by atoms with Crippen molar-refractivity contribution < 1.29 is 47.7 Å². The van der Waals surface area contributed by atoms with Gasteiger partial charge in [0.15, 0.2) is 17.4 Å². The van der Waals surface area contributed by atoms with Crippen molar-refractivity contribution in [2.45, 2.75) is 74.9 Å². The van der Waals surface area contributed by atoms with E-state index < -0.39 is 59.0 Å². The van der Waals surface area contributed by atoms with Gasteiger partial charge in [-0.2, -0.15) is 0 Å². The minimum atomic E-state index is -0.974. The van der Waals surface area contributed by atoms with Gasteiger partial charge in [-0.3, -0.25) is 28.8 Å². The summed E-state index contributed by atoms with van der Waals surface area (Å²) in [5.41, 5.74) is 4.15. The Balaban J connectivity index is 0.000000190. The van der Waals surface area contributed by atoms with Crippen LogP contribution in [0.3, 0.4) is 0 Å². The summed E-state index contributed by atoms with van der Waals surface area (Å²) >= 11 is 0. The van der Waals surface area contributed by atoms with Gasteiger partial charge in [0.2, 0.25) is 11.8 Å². The Hall–Kier alpha value is -8.93. The summed E-state index contributed by atoms with van der Waals surface area (Å²) in [6.45, 7) is 4.08. The molecule has 0 radical (unpaired) electrons. The molecule has 4 amide bonds. The summed E-state index contributed by atoms with van der Waals surface area (Å²) in [6.07, 6.45) is 1.04. The van der Waals surface area contributed by atoms with Gasteiger partial charge in [0.1, 0.15) is 40.5 Å². The van der Waals surface area contributed by atoms with Gasteiger partial charge in [-0.05, 0) is 97.5 Å². The highest BCUT2D eigenvalue weighted by atomic mass is 16.6. The van der Waals surface area contributed by atoms with Crippen molar-refractivity contribution in [1.82, 2.24) is 36.2 Å². The van der Waals surface area contributed by atoms with Crippen molar-refractivity contribution in [3.63, 3.8) is 0 Å². The van der Waals surface area contributed by atoms with Crippen molar-refractivity contribution in [1.29, 1.82) is 0 Å². The second-order valence-corrected chi connectivity index (χ2v) is 19.8. The molecule has 4 heterocycles. The molecule has 6 unspecified atom stereocenters. The first-order chi connectivity index (χ1) is 37.7. The Morgan fingerprint density at radius 1 is 0.500 bits per heavy atom. The van der Waals surface area contributed by atoms with Crippen LogP contribution in [0.5, 0.6) is 11.5 Å². The SMILES string of the molecule is COc1ccc(CC(NC(=O)c2cc3ccccc3[nH]2)C(=O)NC(Cc2ccccc2)C(=O)C2(C)CO2)cc1.COc1ccc(CC(NC(=O)c2nc3ccccc3[nH]2)C(=O)NC(Cc2ccccc2)C(=O)C2(C)CO2)cc1. The number of rotatable bonds is 22. The van der Waals surface area contributed by atoms with Gasteiger partial charge in [-0.1, -0.05) is 115 Å². The number of ketones is 2. The molecular formula is C61H61N7O10. The van der Waals surface area contributed by atoms with Crippen LogP contribution in [0.25, 0.3) is 21.9 Å². The number of carbonyl (C=O) groups is 6. The van der Waals surface area contributed by atoms with Crippen LogP contribution in [0.15, 0.2) is 164 Å². The Labute approximate surface area is 450 Å². The van der Waals surface area contributed by atoms with E-state index in [4.69, 9.17) is 18.9 Å². The fraction of sp³-hybridized carbons (Fsp3) is 0.262. The van der Waals surface area contributed by atoms with Crippen LogP contribution in [0, 0.1) is 0 Å². The lowest BCUT2D eigenvalue weighted by atomic mass is 9.94. The molecule has 8 aromatic rings. The zero-order valence-electron chi connectivity index (χ0n) is 43.7. The van der Waals surface area contributed by atoms with Crippen LogP contribution in [0.2, 0.25) is 0 Å². The first kappa shape index (κ1) is 53.9. The number of aromatic nitrogens is 3. The lowest BCUT2D eigenvalue weighted by molar-refractivity contribution is -0.131. The van der Waals surface area contributed by atoms with Crippen molar-refractivity contribution in [2.75, 3.05) is 27.4 Å². The number of epoxide rings is 2. The molecule has 0 aliphatic carbocycles. The number of nitrogens with zero attached hydrogens (tertiary/aromatic N) is 1. The van der Waals surface area contributed by atoms with E-state index in [1.165, 1.54) is 0 Å². The smallest absolute Gasteiger partial charge is 0.287 e. The molecule has 6 aromatic carbocycles. The highest BCUT2D eigenvalue weighted by Gasteiger charge is 2.51. The molecule has 78 heavy (non-hydrogen) atoms. The molecule has 6 N–H and O–H groups in total. The molecule has 2 aliphatic heterocycles. The number of carbonyl (C=O) groups excluding carboxylic acids is 6. The summed E-state index contributed by atoms with van der Waals surface area (Å²) < 4.78 is 21.3. The molecular weight excluding hydrogens is 991 g/mol. The molecule has 400 valence electrons. The molecule has 0 bridgehead atoms. The van der Waals surface area contributed by atoms with Gasteiger partial charge in [0.25, 0.3) is 11.8 Å². The Kier molecular flexibility index (Phi) is 16.5. The highest BCUT2D eigenvalue weighted by Crippen LogP contribution is 2.30. The molecule has 2 fully saturated rings. The number of para-hydroxylation sites is 3. The van der Waals surface area contributed by atoms with E-state index >= 15 is 0 Å². The molecule has 0 spiro atoms. The van der Waals surface area contributed by atoms with Gasteiger partial charge in [-0.15, -0.1) is 0 Å². The Morgan fingerprint density at radius 3 is 1.36 bits per heavy atom. The van der Waals surface area contributed by atoms with E-state index in [9.17, 15) is 28.8 Å². The summed E-state index contributed by atoms with van der Waals surface area (Å²) in [7, 11) is 3.16. The maximum atomic E-state index is 13.7.